The van der Waals surface area contributed by atoms with Gasteiger partial charge >= 0.3 is 0 Å². The molecule has 1 fully saturated rings. The molecule has 1 aromatic heterocycles. The lowest BCUT2D eigenvalue weighted by molar-refractivity contribution is 0.302. The van der Waals surface area contributed by atoms with E-state index in [9.17, 15) is 12.8 Å². The summed E-state index contributed by atoms with van der Waals surface area (Å²) in [6, 6.07) is 8.12. The van der Waals surface area contributed by atoms with Crippen LogP contribution >= 0.6 is 12.2 Å². The SMILES string of the molecule is Cc1ccc(NC(=S)N(Cc2ccco2)[C@@H]2CCS(=O)(=O)C2)cc1F. The highest BCUT2D eigenvalue weighted by atomic mass is 32.2. The van der Waals surface area contributed by atoms with Crippen molar-refractivity contribution in [2.24, 2.45) is 0 Å². The molecule has 5 nitrogen and oxygen atoms in total. The van der Waals surface area contributed by atoms with Crippen molar-refractivity contribution in [1.29, 1.82) is 0 Å². The van der Waals surface area contributed by atoms with Crippen molar-refractivity contribution in [3.63, 3.8) is 0 Å². The molecule has 8 heteroatoms. The number of thiocarbonyl (C=S) groups is 1. The number of nitrogens with zero attached hydrogens (tertiary/aromatic N) is 1. The van der Waals surface area contributed by atoms with Gasteiger partial charge in [-0.2, -0.15) is 0 Å². The summed E-state index contributed by atoms with van der Waals surface area (Å²) in [6.45, 7) is 2.04. The summed E-state index contributed by atoms with van der Waals surface area (Å²) >= 11 is 5.47. The number of hydrogen-bond donors (Lipinski definition) is 1. The normalized spacial score (nSPS) is 18.9. The number of benzene rings is 1. The van der Waals surface area contributed by atoms with Gasteiger partial charge in [0.25, 0.3) is 0 Å². The average Bonchev–Trinajstić information content (AvgIpc) is 3.17. The second-order valence-electron chi connectivity index (χ2n) is 6.16. The lowest BCUT2D eigenvalue weighted by Gasteiger charge is -2.30. The van der Waals surface area contributed by atoms with E-state index in [-0.39, 0.29) is 23.4 Å². The predicted octanol–water partition coefficient (Wildman–Crippen LogP) is 3.11. The molecule has 1 atom stereocenters. The lowest BCUT2D eigenvalue weighted by atomic mass is 10.2. The summed E-state index contributed by atoms with van der Waals surface area (Å²) < 4.78 is 42.8. The first-order valence-electron chi connectivity index (χ1n) is 7.91. The van der Waals surface area contributed by atoms with E-state index in [1.54, 1.807) is 36.3 Å². The zero-order valence-corrected chi connectivity index (χ0v) is 15.4. The van der Waals surface area contributed by atoms with Gasteiger partial charge in [0.05, 0.1) is 24.3 Å². The monoisotopic (exact) mass is 382 g/mol. The summed E-state index contributed by atoms with van der Waals surface area (Å²) in [5.41, 5.74) is 1.07. The Morgan fingerprint density at radius 3 is 2.84 bits per heavy atom. The number of anilines is 1. The molecule has 1 aromatic carbocycles. The number of halogens is 1. The van der Waals surface area contributed by atoms with Crippen LogP contribution in [-0.2, 0) is 16.4 Å². The van der Waals surface area contributed by atoms with Crippen LogP contribution < -0.4 is 5.32 Å². The highest BCUT2D eigenvalue weighted by Crippen LogP contribution is 2.22. The number of nitrogens with one attached hydrogen (secondary N) is 1. The molecular weight excluding hydrogens is 363 g/mol. The Labute approximate surface area is 151 Å². The second kappa shape index (κ2) is 7.13. The molecule has 0 unspecified atom stereocenters. The minimum Gasteiger partial charge on any atom is -0.467 e. The molecule has 0 amide bonds. The zero-order valence-electron chi connectivity index (χ0n) is 13.7. The summed E-state index contributed by atoms with van der Waals surface area (Å²) in [5.74, 6) is 0.559. The van der Waals surface area contributed by atoms with Gasteiger partial charge in [0.2, 0.25) is 0 Å². The van der Waals surface area contributed by atoms with E-state index in [0.717, 1.165) is 0 Å². The van der Waals surface area contributed by atoms with Crippen molar-refractivity contribution >= 4 is 32.9 Å². The first-order valence-corrected chi connectivity index (χ1v) is 10.1. The maximum absolute atomic E-state index is 13.7. The van der Waals surface area contributed by atoms with Crippen molar-refractivity contribution in [3.8, 4) is 0 Å². The summed E-state index contributed by atoms with van der Waals surface area (Å²) in [6.07, 6.45) is 2.07. The third-order valence-electron chi connectivity index (χ3n) is 4.24. The van der Waals surface area contributed by atoms with E-state index in [1.165, 1.54) is 6.07 Å². The number of sulfone groups is 1. The van der Waals surface area contributed by atoms with Gasteiger partial charge in [-0.15, -0.1) is 0 Å². The molecular formula is C17H19FN2O3S2. The van der Waals surface area contributed by atoms with Crippen LogP contribution in [0.4, 0.5) is 10.1 Å². The van der Waals surface area contributed by atoms with Crippen molar-refractivity contribution in [3.05, 3.63) is 53.7 Å². The highest BCUT2D eigenvalue weighted by Gasteiger charge is 2.34. The van der Waals surface area contributed by atoms with Crippen LogP contribution in [-0.4, -0.2) is 36.0 Å². The van der Waals surface area contributed by atoms with E-state index in [4.69, 9.17) is 16.6 Å². The standard InChI is InChI=1S/C17H19FN2O3S2/c1-12-4-5-13(9-16(12)18)19-17(24)20(10-15-3-2-7-23-15)14-6-8-25(21,22)11-14/h2-5,7,9,14H,6,8,10-11H2,1H3,(H,19,24)/t14-/m1/s1. The minimum absolute atomic E-state index is 0.0534. The fourth-order valence-electron chi connectivity index (χ4n) is 2.82. The maximum Gasteiger partial charge on any atom is 0.174 e. The van der Waals surface area contributed by atoms with Crippen LogP contribution in [0, 0.1) is 12.7 Å². The smallest absolute Gasteiger partial charge is 0.174 e. The largest absolute Gasteiger partial charge is 0.467 e. The van der Waals surface area contributed by atoms with E-state index < -0.39 is 9.84 Å². The summed E-state index contributed by atoms with van der Waals surface area (Å²) in [5, 5.41) is 3.36. The number of aryl methyl sites for hydroxylation is 1. The molecule has 1 saturated heterocycles. The Kier molecular flexibility index (Phi) is 5.10. The molecule has 0 spiro atoms. The first kappa shape index (κ1) is 17.9. The minimum atomic E-state index is -3.06. The van der Waals surface area contributed by atoms with Gasteiger partial charge in [-0.25, -0.2) is 12.8 Å². The molecule has 0 bridgehead atoms. The zero-order chi connectivity index (χ0) is 18.0. The van der Waals surface area contributed by atoms with Crippen molar-refractivity contribution in [2.75, 3.05) is 16.8 Å². The average molecular weight is 382 g/mol. The molecule has 2 heterocycles. The number of rotatable bonds is 4. The molecule has 1 aliphatic heterocycles. The Hall–Kier alpha value is -1.93. The van der Waals surface area contributed by atoms with E-state index in [2.05, 4.69) is 5.32 Å². The van der Waals surface area contributed by atoms with Gasteiger partial charge in [0, 0.05) is 11.7 Å². The van der Waals surface area contributed by atoms with Gasteiger partial charge in [-0.1, -0.05) is 6.07 Å². The molecule has 25 heavy (non-hydrogen) atoms. The molecule has 0 saturated carbocycles. The van der Waals surface area contributed by atoms with Crippen LogP contribution in [0.1, 0.15) is 17.7 Å². The maximum atomic E-state index is 13.7. The Balaban J connectivity index is 1.80. The molecule has 3 rings (SSSR count). The lowest BCUT2D eigenvalue weighted by Crippen LogP contribution is -2.42. The van der Waals surface area contributed by atoms with Crippen LogP contribution in [0.5, 0.6) is 0 Å². The quantitative estimate of drug-likeness (QED) is 0.820. The Morgan fingerprint density at radius 1 is 1.44 bits per heavy atom. The van der Waals surface area contributed by atoms with Crippen LogP contribution in [0.15, 0.2) is 41.0 Å². The van der Waals surface area contributed by atoms with Crippen LogP contribution in [0.3, 0.4) is 0 Å². The van der Waals surface area contributed by atoms with E-state index in [0.29, 0.717) is 35.1 Å². The molecule has 134 valence electrons. The van der Waals surface area contributed by atoms with E-state index in [1.807, 2.05) is 6.07 Å². The first-order chi connectivity index (χ1) is 11.8. The highest BCUT2D eigenvalue weighted by molar-refractivity contribution is 7.91. The Morgan fingerprint density at radius 2 is 2.24 bits per heavy atom. The molecule has 1 N–H and O–H groups in total. The molecule has 1 aliphatic rings. The van der Waals surface area contributed by atoms with Gasteiger partial charge < -0.3 is 14.6 Å². The van der Waals surface area contributed by atoms with Gasteiger partial charge in [-0.3, -0.25) is 0 Å². The van der Waals surface area contributed by atoms with Crippen molar-refractivity contribution < 1.29 is 17.2 Å². The topological polar surface area (TPSA) is 62.6 Å². The fourth-order valence-corrected chi connectivity index (χ4v) is 4.89. The molecule has 0 aliphatic carbocycles. The summed E-state index contributed by atoms with van der Waals surface area (Å²) in [4.78, 5) is 1.80. The van der Waals surface area contributed by atoms with Gasteiger partial charge in [0.1, 0.15) is 11.6 Å². The van der Waals surface area contributed by atoms with E-state index >= 15 is 0 Å². The Bertz CT molecular complexity index is 866. The third-order valence-corrected chi connectivity index (χ3v) is 6.33. The van der Waals surface area contributed by atoms with Crippen molar-refractivity contribution in [2.45, 2.75) is 25.9 Å². The van der Waals surface area contributed by atoms with Gasteiger partial charge in [0.15, 0.2) is 14.9 Å². The third kappa shape index (κ3) is 4.38. The number of furan rings is 1. The van der Waals surface area contributed by atoms with Gasteiger partial charge in [-0.05, 0) is 55.4 Å². The van der Waals surface area contributed by atoms with Crippen molar-refractivity contribution in [1.82, 2.24) is 4.90 Å². The molecule has 2 aromatic rings. The summed E-state index contributed by atoms with van der Waals surface area (Å²) in [7, 11) is -3.06. The predicted molar refractivity (Wildman–Crippen MR) is 98.7 cm³/mol. The van der Waals surface area contributed by atoms with Crippen LogP contribution in [0.25, 0.3) is 0 Å². The fraction of sp³-hybridized carbons (Fsp3) is 0.353. The second-order valence-corrected chi connectivity index (χ2v) is 8.77. The van der Waals surface area contributed by atoms with Crippen LogP contribution in [0.2, 0.25) is 0 Å². The number of hydrogen-bond acceptors (Lipinski definition) is 4. The molecule has 0 radical (unpaired) electrons.